The van der Waals surface area contributed by atoms with E-state index in [0.29, 0.717) is 38.3 Å². The first kappa shape index (κ1) is 19.5. The average Bonchev–Trinajstić information content (AvgIpc) is 2.66. The van der Waals surface area contributed by atoms with Crippen LogP contribution in [0.15, 0.2) is 65.1 Å². The number of halogens is 2. The van der Waals surface area contributed by atoms with E-state index in [4.69, 9.17) is 23.2 Å². The molecule has 2 aromatic carbocycles. The van der Waals surface area contributed by atoms with E-state index >= 15 is 0 Å². The topological polar surface area (TPSA) is 64.0 Å². The van der Waals surface area contributed by atoms with Crippen LogP contribution in [0.4, 0.5) is 5.69 Å². The first-order valence-electron chi connectivity index (χ1n) is 7.98. The molecule has 0 aliphatic heterocycles. The van der Waals surface area contributed by atoms with Crippen LogP contribution < -0.4 is 10.9 Å². The Morgan fingerprint density at radius 1 is 1.26 bits per heavy atom. The van der Waals surface area contributed by atoms with Crippen LogP contribution in [0, 0.1) is 0 Å². The molecule has 0 saturated heterocycles. The molecule has 0 aliphatic carbocycles. The molecule has 138 valence electrons. The van der Waals surface area contributed by atoms with Gasteiger partial charge in [0.15, 0.2) is 5.16 Å². The minimum atomic E-state index is -0.281. The first-order chi connectivity index (χ1) is 13.0. The van der Waals surface area contributed by atoms with Crippen molar-refractivity contribution < 1.29 is 4.79 Å². The van der Waals surface area contributed by atoms with Gasteiger partial charge in [0, 0.05) is 11.6 Å². The van der Waals surface area contributed by atoms with Crippen LogP contribution in [0.5, 0.6) is 0 Å². The molecule has 5 nitrogen and oxygen atoms in total. The van der Waals surface area contributed by atoms with Crippen molar-refractivity contribution in [2.45, 2.75) is 11.7 Å². The second kappa shape index (κ2) is 8.61. The van der Waals surface area contributed by atoms with Crippen molar-refractivity contribution >= 4 is 57.5 Å². The Balaban J connectivity index is 1.82. The normalized spacial score (nSPS) is 10.7. The molecule has 1 heterocycles. The van der Waals surface area contributed by atoms with Crippen LogP contribution in [0.1, 0.15) is 0 Å². The number of anilines is 1. The molecule has 1 aromatic heterocycles. The molecule has 3 aromatic rings. The van der Waals surface area contributed by atoms with Crippen molar-refractivity contribution in [3.63, 3.8) is 0 Å². The fourth-order valence-electron chi connectivity index (χ4n) is 2.46. The number of allylic oxidation sites excluding steroid dienone is 1. The molecule has 0 unspecified atom stereocenters. The van der Waals surface area contributed by atoms with E-state index in [-0.39, 0.29) is 17.2 Å². The number of rotatable bonds is 6. The predicted octanol–water partition coefficient (Wildman–Crippen LogP) is 4.62. The predicted molar refractivity (Wildman–Crippen MR) is 112 cm³/mol. The third-order valence-electron chi connectivity index (χ3n) is 3.67. The van der Waals surface area contributed by atoms with Crippen LogP contribution in [0.25, 0.3) is 10.9 Å². The zero-order chi connectivity index (χ0) is 19.4. The van der Waals surface area contributed by atoms with Crippen molar-refractivity contribution in [2.75, 3.05) is 11.1 Å². The van der Waals surface area contributed by atoms with Crippen LogP contribution in [-0.2, 0) is 11.3 Å². The van der Waals surface area contributed by atoms with Crippen molar-refractivity contribution in [1.82, 2.24) is 9.55 Å². The van der Waals surface area contributed by atoms with Gasteiger partial charge in [-0.1, -0.05) is 53.2 Å². The summed E-state index contributed by atoms with van der Waals surface area (Å²) in [6.45, 7) is 3.99. The van der Waals surface area contributed by atoms with Gasteiger partial charge in [-0.05, 0) is 30.3 Å². The molecular weight excluding hydrogens is 405 g/mol. The lowest BCUT2D eigenvalue weighted by Crippen LogP contribution is -2.23. The Labute approximate surface area is 170 Å². The standard InChI is InChI=1S/C19H15Cl2N3O2S/c1-2-9-24-18(26)13-5-3-4-6-15(13)23-19(24)27-11-17(25)22-16-10-12(20)7-8-14(16)21/h2-8,10H,1,9,11H2,(H,22,25). The minimum Gasteiger partial charge on any atom is -0.324 e. The molecule has 0 spiro atoms. The van der Waals surface area contributed by atoms with E-state index in [1.165, 1.54) is 16.3 Å². The molecule has 0 radical (unpaired) electrons. The lowest BCUT2D eigenvalue weighted by Gasteiger charge is -2.12. The fourth-order valence-corrected chi connectivity index (χ4v) is 3.60. The van der Waals surface area contributed by atoms with Crippen LogP contribution in [0.2, 0.25) is 10.0 Å². The van der Waals surface area contributed by atoms with Gasteiger partial charge in [-0.3, -0.25) is 14.2 Å². The van der Waals surface area contributed by atoms with Gasteiger partial charge >= 0.3 is 0 Å². The van der Waals surface area contributed by atoms with Gasteiger partial charge in [0.25, 0.3) is 5.56 Å². The summed E-state index contributed by atoms with van der Waals surface area (Å²) in [5.41, 5.74) is 0.856. The highest BCUT2D eigenvalue weighted by molar-refractivity contribution is 7.99. The van der Waals surface area contributed by atoms with Crippen LogP contribution in [0.3, 0.4) is 0 Å². The number of fused-ring (bicyclic) bond motifs is 1. The number of carbonyl (C=O) groups is 1. The number of benzene rings is 2. The number of nitrogens with one attached hydrogen (secondary N) is 1. The van der Waals surface area contributed by atoms with Gasteiger partial charge in [-0.15, -0.1) is 6.58 Å². The summed E-state index contributed by atoms with van der Waals surface area (Å²) in [4.78, 5) is 29.5. The van der Waals surface area contributed by atoms with E-state index in [1.54, 1.807) is 42.5 Å². The molecule has 0 aliphatic rings. The molecule has 3 rings (SSSR count). The number of amides is 1. The van der Waals surface area contributed by atoms with E-state index in [9.17, 15) is 9.59 Å². The summed E-state index contributed by atoms with van der Waals surface area (Å²) in [7, 11) is 0. The van der Waals surface area contributed by atoms with Gasteiger partial charge in [0.05, 0.1) is 27.4 Å². The smallest absolute Gasteiger partial charge is 0.262 e. The summed E-state index contributed by atoms with van der Waals surface area (Å²) in [6.07, 6.45) is 1.62. The van der Waals surface area contributed by atoms with Crippen molar-refractivity contribution in [1.29, 1.82) is 0 Å². The van der Waals surface area contributed by atoms with Gasteiger partial charge in [0.2, 0.25) is 5.91 Å². The Morgan fingerprint density at radius 3 is 2.81 bits per heavy atom. The van der Waals surface area contributed by atoms with E-state index < -0.39 is 0 Å². The van der Waals surface area contributed by atoms with Gasteiger partial charge in [0.1, 0.15) is 0 Å². The Morgan fingerprint density at radius 2 is 2.04 bits per heavy atom. The zero-order valence-electron chi connectivity index (χ0n) is 14.1. The number of aromatic nitrogens is 2. The molecule has 1 N–H and O–H groups in total. The summed E-state index contributed by atoms with van der Waals surface area (Å²) in [5.74, 6) is -0.221. The Hall–Kier alpha value is -2.28. The Bertz CT molecular complexity index is 1080. The van der Waals surface area contributed by atoms with E-state index in [1.807, 2.05) is 6.07 Å². The maximum Gasteiger partial charge on any atom is 0.262 e. The van der Waals surface area contributed by atoms with Crippen LogP contribution in [-0.4, -0.2) is 21.2 Å². The summed E-state index contributed by atoms with van der Waals surface area (Å²) < 4.78 is 1.50. The first-order valence-corrected chi connectivity index (χ1v) is 9.72. The monoisotopic (exact) mass is 419 g/mol. The highest BCUT2D eigenvalue weighted by atomic mass is 35.5. The quantitative estimate of drug-likeness (QED) is 0.359. The fraction of sp³-hybridized carbons (Fsp3) is 0.105. The van der Waals surface area contributed by atoms with Gasteiger partial charge in [-0.2, -0.15) is 0 Å². The molecule has 1 amide bonds. The highest BCUT2D eigenvalue weighted by Crippen LogP contribution is 2.26. The zero-order valence-corrected chi connectivity index (χ0v) is 16.4. The highest BCUT2D eigenvalue weighted by Gasteiger charge is 2.13. The van der Waals surface area contributed by atoms with E-state index in [2.05, 4.69) is 16.9 Å². The SMILES string of the molecule is C=CCn1c(SCC(=O)Nc2cc(Cl)ccc2Cl)nc2ccccc2c1=O. The molecule has 0 bridgehead atoms. The number of carbonyl (C=O) groups excluding carboxylic acids is 1. The molecule has 8 heteroatoms. The summed E-state index contributed by atoms with van der Waals surface area (Å²) in [6, 6.07) is 11.9. The summed E-state index contributed by atoms with van der Waals surface area (Å²) >= 11 is 13.2. The largest absolute Gasteiger partial charge is 0.324 e. The molecule has 0 saturated carbocycles. The minimum absolute atomic E-state index is 0.0603. The third kappa shape index (κ3) is 4.53. The van der Waals surface area contributed by atoms with Crippen molar-refractivity contribution in [3.05, 3.63) is 75.5 Å². The summed E-state index contributed by atoms with van der Waals surface area (Å²) in [5, 5.41) is 4.55. The van der Waals surface area contributed by atoms with Crippen LogP contribution >= 0.6 is 35.0 Å². The maximum absolute atomic E-state index is 12.7. The van der Waals surface area contributed by atoms with Gasteiger partial charge < -0.3 is 5.32 Å². The maximum atomic E-state index is 12.7. The number of nitrogens with zero attached hydrogens (tertiary/aromatic N) is 2. The number of hydrogen-bond donors (Lipinski definition) is 1. The number of thioether (sulfide) groups is 1. The lowest BCUT2D eigenvalue weighted by atomic mass is 10.2. The molecule has 0 atom stereocenters. The average molecular weight is 420 g/mol. The second-order valence-corrected chi connectivity index (χ2v) is 7.36. The molecule has 27 heavy (non-hydrogen) atoms. The Kier molecular flexibility index (Phi) is 6.21. The molecular formula is C19H15Cl2N3O2S. The second-order valence-electron chi connectivity index (χ2n) is 5.58. The van der Waals surface area contributed by atoms with Gasteiger partial charge in [-0.25, -0.2) is 4.98 Å². The number of hydrogen-bond acceptors (Lipinski definition) is 4. The van der Waals surface area contributed by atoms with Crippen molar-refractivity contribution in [2.24, 2.45) is 0 Å². The third-order valence-corrected chi connectivity index (χ3v) is 5.21. The number of para-hydroxylation sites is 1. The van der Waals surface area contributed by atoms with Crippen molar-refractivity contribution in [3.8, 4) is 0 Å². The lowest BCUT2D eigenvalue weighted by molar-refractivity contribution is -0.113. The molecule has 0 fully saturated rings. The van der Waals surface area contributed by atoms with E-state index in [0.717, 1.165) is 0 Å².